The quantitative estimate of drug-likeness (QED) is 0.275. The third-order valence-electron chi connectivity index (χ3n) is 4.68. The standard InChI is InChI=1S/C19H36N2O6S/c1-3-4-6-9-15(24)20-10-7-5-8-11-28-19-16(21-13(2)23)18(26)17(25)14(12-22)27-19/h14,16-19,22,25-26H,3-12H2,1-2H3,(H,20,24)(H,21,23)/t14?,16?,17-,18-,19-/m0/s1. The summed E-state index contributed by atoms with van der Waals surface area (Å²) in [6, 6.07) is -0.734. The van der Waals surface area contributed by atoms with Crippen LogP contribution in [0.5, 0.6) is 0 Å². The normalized spacial score (nSPS) is 27.4. The number of rotatable bonds is 13. The maximum Gasteiger partial charge on any atom is 0.219 e. The molecule has 1 saturated heterocycles. The van der Waals surface area contributed by atoms with E-state index in [1.807, 2.05) is 0 Å². The Morgan fingerprint density at radius 3 is 2.46 bits per heavy atom. The molecule has 5 N–H and O–H groups in total. The van der Waals surface area contributed by atoms with Gasteiger partial charge in [-0.15, -0.1) is 11.8 Å². The number of aliphatic hydroxyl groups excluding tert-OH is 3. The zero-order chi connectivity index (χ0) is 20.9. The van der Waals surface area contributed by atoms with Gasteiger partial charge in [0.2, 0.25) is 11.8 Å². The van der Waals surface area contributed by atoms with Crippen LogP contribution >= 0.6 is 11.8 Å². The lowest BCUT2D eigenvalue weighted by molar-refractivity contribution is -0.173. The first kappa shape index (κ1) is 25.2. The second-order valence-corrected chi connectivity index (χ2v) is 8.38. The van der Waals surface area contributed by atoms with Crippen LogP contribution in [0.15, 0.2) is 0 Å². The Bertz CT molecular complexity index is 468. The number of thioether (sulfide) groups is 1. The molecule has 1 aliphatic rings. The molecule has 1 rings (SSSR count). The molecule has 1 aliphatic heterocycles. The first-order valence-electron chi connectivity index (χ1n) is 10.2. The molecule has 1 fully saturated rings. The van der Waals surface area contributed by atoms with Gasteiger partial charge in [-0.25, -0.2) is 0 Å². The second kappa shape index (κ2) is 14.2. The van der Waals surface area contributed by atoms with E-state index in [1.54, 1.807) is 0 Å². The average molecular weight is 421 g/mol. The van der Waals surface area contributed by atoms with Gasteiger partial charge in [-0.2, -0.15) is 0 Å². The zero-order valence-electron chi connectivity index (χ0n) is 16.9. The van der Waals surface area contributed by atoms with Gasteiger partial charge in [-0.1, -0.05) is 26.2 Å². The number of aliphatic hydroxyl groups is 3. The van der Waals surface area contributed by atoms with Crippen LogP contribution in [-0.4, -0.2) is 75.8 Å². The molecule has 164 valence electrons. The van der Waals surface area contributed by atoms with Gasteiger partial charge in [0.15, 0.2) is 0 Å². The molecule has 8 nitrogen and oxygen atoms in total. The van der Waals surface area contributed by atoms with E-state index in [9.17, 15) is 24.9 Å². The van der Waals surface area contributed by atoms with Crippen LogP contribution in [0, 0.1) is 0 Å². The molecular formula is C19H36N2O6S. The van der Waals surface area contributed by atoms with Crippen molar-refractivity contribution in [1.29, 1.82) is 0 Å². The fourth-order valence-electron chi connectivity index (χ4n) is 3.07. The summed E-state index contributed by atoms with van der Waals surface area (Å²) >= 11 is 1.44. The molecular weight excluding hydrogens is 384 g/mol. The Hall–Kier alpha value is -0.870. The van der Waals surface area contributed by atoms with Crippen LogP contribution in [0.4, 0.5) is 0 Å². The lowest BCUT2D eigenvalue weighted by Crippen LogP contribution is -2.63. The predicted octanol–water partition coefficient (Wildman–Crippen LogP) is 0.530. The molecule has 1 heterocycles. The Labute approximate surface area is 171 Å². The van der Waals surface area contributed by atoms with Crippen LogP contribution in [0.1, 0.15) is 58.8 Å². The van der Waals surface area contributed by atoms with E-state index >= 15 is 0 Å². The van der Waals surface area contributed by atoms with Crippen molar-refractivity contribution in [1.82, 2.24) is 10.6 Å². The zero-order valence-corrected chi connectivity index (χ0v) is 17.7. The average Bonchev–Trinajstić information content (AvgIpc) is 2.66. The highest BCUT2D eigenvalue weighted by Gasteiger charge is 2.44. The van der Waals surface area contributed by atoms with Gasteiger partial charge in [-0.05, 0) is 25.0 Å². The predicted molar refractivity (Wildman–Crippen MR) is 109 cm³/mol. The van der Waals surface area contributed by atoms with Crippen LogP contribution in [-0.2, 0) is 14.3 Å². The number of amides is 2. The van der Waals surface area contributed by atoms with Gasteiger partial charge < -0.3 is 30.7 Å². The molecule has 0 saturated carbocycles. The number of carbonyl (C=O) groups excluding carboxylic acids is 2. The van der Waals surface area contributed by atoms with Crippen LogP contribution in [0.2, 0.25) is 0 Å². The van der Waals surface area contributed by atoms with E-state index in [0.717, 1.165) is 44.3 Å². The Balaban J connectivity index is 2.27. The third-order valence-corrected chi connectivity index (χ3v) is 5.94. The van der Waals surface area contributed by atoms with Gasteiger partial charge in [-0.3, -0.25) is 9.59 Å². The summed E-state index contributed by atoms with van der Waals surface area (Å²) in [6.07, 6.45) is 3.11. The number of hydrogen-bond donors (Lipinski definition) is 5. The van der Waals surface area contributed by atoms with Gasteiger partial charge in [0.25, 0.3) is 0 Å². The van der Waals surface area contributed by atoms with E-state index < -0.39 is 36.4 Å². The van der Waals surface area contributed by atoms with Crippen LogP contribution < -0.4 is 10.6 Å². The molecule has 9 heteroatoms. The summed E-state index contributed by atoms with van der Waals surface area (Å²) in [7, 11) is 0. The largest absolute Gasteiger partial charge is 0.394 e. The SMILES string of the molecule is CCCCCC(=O)NCCCCCS[C@@H]1OC(CO)[C@H](O)[C@@H](O)C1NC(C)=O. The minimum absolute atomic E-state index is 0.110. The molecule has 0 aromatic carbocycles. The first-order valence-corrected chi connectivity index (χ1v) is 11.2. The van der Waals surface area contributed by atoms with E-state index in [4.69, 9.17) is 4.74 Å². The third kappa shape index (κ3) is 9.09. The number of ether oxygens (including phenoxy) is 1. The topological polar surface area (TPSA) is 128 Å². The first-order chi connectivity index (χ1) is 13.4. The van der Waals surface area contributed by atoms with Crippen molar-refractivity contribution in [3.8, 4) is 0 Å². The van der Waals surface area contributed by atoms with Crippen molar-refractivity contribution in [3.05, 3.63) is 0 Å². The molecule has 0 radical (unpaired) electrons. The number of hydrogen-bond acceptors (Lipinski definition) is 7. The summed E-state index contributed by atoms with van der Waals surface area (Å²) in [4.78, 5) is 23.0. The minimum Gasteiger partial charge on any atom is -0.394 e. The second-order valence-electron chi connectivity index (χ2n) is 7.17. The van der Waals surface area contributed by atoms with E-state index in [0.29, 0.717) is 13.0 Å². The fourth-order valence-corrected chi connectivity index (χ4v) is 4.33. The molecule has 0 aromatic rings. The lowest BCUT2D eigenvalue weighted by Gasteiger charge is -2.42. The Morgan fingerprint density at radius 2 is 1.82 bits per heavy atom. The Kier molecular flexibility index (Phi) is 12.7. The maximum absolute atomic E-state index is 11.6. The molecule has 0 aromatic heterocycles. The van der Waals surface area contributed by atoms with E-state index in [-0.39, 0.29) is 11.8 Å². The van der Waals surface area contributed by atoms with E-state index in [1.165, 1.54) is 18.7 Å². The highest BCUT2D eigenvalue weighted by atomic mass is 32.2. The molecule has 0 aliphatic carbocycles. The highest BCUT2D eigenvalue weighted by molar-refractivity contribution is 7.99. The van der Waals surface area contributed by atoms with Crippen molar-refractivity contribution in [2.24, 2.45) is 0 Å². The van der Waals surface area contributed by atoms with Crippen molar-refractivity contribution in [3.63, 3.8) is 0 Å². The van der Waals surface area contributed by atoms with Crippen LogP contribution in [0.25, 0.3) is 0 Å². The van der Waals surface area contributed by atoms with E-state index in [2.05, 4.69) is 17.6 Å². The van der Waals surface area contributed by atoms with Crippen LogP contribution in [0.3, 0.4) is 0 Å². The smallest absolute Gasteiger partial charge is 0.219 e. The maximum atomic E-state index is 11.6. The van der Waals surface area contributed by atoms with Crippen molar-refractivity contribution in [2.75, 3.05) is 18.9 Å². The number of carbonyl (C=O) groups is 2. The summed E-state index contributed by atoms with van der Waals surface area (Å²) in [6.45, 7) is 3.72. The molecule has 2 amide bonds. The van der Waals surface area contributed by atoms with Crippen molar-refractivity contribution in [2.45, 2.75) is 88.6 Å². The number of unbranched alkanes of at least 4 members (excludes halogenated alkanes) is 4. The van der Waals surface area contributed by atoms with Crippen molar-refractivity contribution < 1.29 is 29.6 Å². The lowest BCUT2D eigenvalue weighted by atomic mass is 9.98. The van der Waals surface area contributed by atoms with Gasteiger partial charge in [0, 0.05) is 19.9 Å². The molecule has 5 atom stereocenters. The number of nitrogens with one attached hydrogen (secondary N) is 2. The van der Waals surface area contributed by atoms with Gasteiger partial charge in [0.05, 0.1) is 12.6 Å². The highest BCUT2D eigenvalue weighted by Crippen LogP contribution is 2.29. The fraction of sp³-hybridized carbons (Fsp3) is 0.895. The van der Waals surface area contributed by atoms with Crippen molar-refractivity contribution >= 4 is 23.6 Å². The summed E-state index contributed by atoms with van der Waals surface area (Å²) in [5.74, 6) is 0.536. The summed E-state index contributed by atoms with van der Waals surface area (Å²) in [5, 5.41) is 35.1. The van der Waals surface area contributed by atoms with Gasteiger partial charge >= 0.3 is 0 Å². The summed E-state index contributed by atoms with van der Waals surface area (Å²) in [5.41, 5.74) is -0.544. The monoisotopic (exact) mass is 420 g/mol. The van der Waals surface area contributed by atoms with Gasteiger partial charge in [0.1, 0.15) is 23.7 Å². The molecule has 0 spiro atoms. The Morgan fingerprint density at radius 1 is 1.07 bits per heavy atom. The summed E-state index contributed by atoms with van der Waals surface area (Å²) < 4.78 is 5.67. The minimum atomic E-state index is -1.25. The molecule has 2 unspecified atom stereocenters. The molecule has 0 bridgehead atoms. The molecule has 28 heavy (non-hydrogen) atoms.